The van der Waals surface area contributed by atoms with Crippen LogP contribution in [0.15, 0.2) is 42.7 Å². The summed E-state index contributed by atoms with van der Waals surface area (Å²) in [6.07, 6.45) is 4.67. The largest absolute Gasteiger partial charge is 0.322 e. The number of aromatic nitrogens is 1. The number of nitrogens with one attached hydrogen (secondary N) is 1. The van der Waals surface area contributed by atoms with Crippen molar-refractivity contribution < 1.29 is 9.59 Å². The van der Waals surface area contributed by atoms with Gasteiger partial charge in [-0.1, -0.05) is 0 Å². The molecule has 0 saturated carbocycles. The Kier molecular flexibility index (Phi) is 3.87. The molecule has 3 rings (SSSR count). The number of benzene rings is 1. The fourth-order valence-electron chi connectivity index (χ4n) is 2.64. The second-order valence-electron chi connectivity index (χ2n) is 5.35. The first-order valence-corrected chi connectivity index (χ1v) is 7.27. The number of aryl methyl sites for hydroxylation is 1. The number of hydrogen-bond acceptors (Lipinski definition) is 3. The van der Waals surface area contributed by atoms with E-state index in [-0.39, 0.29) is 11.8 Å². The molecule has 1 aliphatic heterocycles. The first-order chi connectivity index (χ1) is 10.6. The molecule has 0 spiro atoms. The van der Waals surface area contributed by atoms with Crippen molar-refractivity contribution in [3.05, 3.63) is 53.9 Å². The minimum atomic E-state index is -0.197. The predicted octanol–water partition coefficient (Wildman–Crippen LogP) is 2.77. The minimum Gasteiger partial charge on any atom is -0.322 e. The van der Waals surface area contributed by atoms with Crippen LogP contribution >= 0.6 is 0 Å². The molecule has 5 heteroatoms. The van der Waals surface area contributed by atoms with Gasteiger partial charge in [-0.25, -0.2) is 0 Å². The van der Waals surface area contributed by atoms with E-state index in [0.717, 1.165) is 24.2 Å². The zero-order valence-corrected chi connectivity index (χ0v) is 12.4. The van der Waals surface area contributed by atoms with Crippen LogP contribution in [0, 0.1) is 6.92 Å². The molecule has 2 heterocycles. The summed E-state index contributed by atoms with van der Waals surface area (Å²) in [7, 11) is 0. The van der Waals surface area contributed by atoms with E-state index in [0.29, 0.717) is 17.7 Å². The van der Waals surface area contributed by atoms with Crippen molar-refractivity contribution in [1.29, 1.82) is 0 Å². The summed E-state index contributed by atoms with van der Waals surface area (Å²) in [5.41, 5.74) is 3.11. The molecular weight excluding hydrogens is 278 g/mol. The molecule has 1 fully saturated rings. The number of amides is 2. The van der Waals surface area contributed by atoms with Gasteiger partial charge in [-0.15, -0.1) is 0 Å². The quantitative estimate of drug-likeness (QED) is 0.947. The molecule has 2 amide bonds. The van der Waals surface area contributed by atoms with Crippen LogP contribution in [0.4, 0.5) is 11.4 Å². The molecule has 2 aromatic rings. The van der Waals surface area contributed by atoms with Crippen LogP contribution in [-0.4, -0.2) is 23.3 Å². The monoisotopic (exact) mass is 295 g/mol. The van der Waals surface area contributed by atoms with Gasteiger partial charge in [0.15, 0.2) is 0 Å². The summed E-state index contributed by atoms with van der Waals surface area (Å²) in [4.78, 5) is 29.7. The van der Waals surface area contributed by atoms with Gasteiger partial charge >= 0.3 is 0 Å². The van der Waals surface area contributed by atoms with E-state index >= 15 is 0 Å². The number of carbonyl (C=O) groups is 2. The third-order valence-corrected chi connectivity index (χ3v) is 3.74. The highest BCUT2D eigenvalue weighted by Gasteiger charge is 2.23. The number of hydrogen-bond donors (Lipinski definition) is 1. The lowest BCUT2D eigenvalue weighted by Gasteiger charge is -2.19. The molecule has 1 saturated heterocycles. The first kappa shape index (κ1) is 14.3. The highest BCUT2D eigenvalue weighted by atomic mass is 16.2. The lowest BCUT2D eigenvalue weighted by molar-refractivity contribution is -0.117. The van der Waals surface area contributed by atoms with E-state index < -0.39 is 0 Å². The smallest absolute Gasteiger partial charge is 0.257 e. The van der Waals surface area contributed by atoms with Gasteiger partial charge in [0.05, 0.1) is 5.56 Å². The van der Waals surface area contributed by atoms with Crippen LogP contribution in [-0.2, 0) is 4.79 Å². The van der Waals surface area contributed by atoms with E-state index in [4.69, 9.17) is 0 Å². The Balaban J connectivity index is 1.77. The van der Waals surface area contributed by atoms with Gasteiger partial charge in [-0.3, -0.25) is 14.6 Å². The maximum atomic E-state index is 12.1. The molecule has 1 N–H and O–H groups in total. The Labute approximate surface area is 129 Å². The third kappa shape index (κ3) is 2.83. The van der Waals surface area contributed by atoms with Crippen molar-refractivity contribution in [2.24, 2.45) is 0 Å². The minimum absolute atomic E-state index is 0.162. The zero-order chi connectivity index (χ0) is 15.5. The maximum absolute atomic E-state index is 12.1. The van der Waals surface area contributed by atoms with Gasteiger partial charge < -0.3 is 10.2 Å². The highest BCUT2D eigenvalue weighted by Crippen LogP contribution is 2.27. The van der Waals surface area contributed by atoms with Crippen LogP contribution in [0.5, 0.6) is 0 Å². The van der Waals surface area contributed by atoms with E-state index in [9.17, 15) is 9.59 Å². The van der Waals surface area contributed by atoms with Crippen molar-refractivity contribution in [3.63, 3.8) is 0 Å². The number of pyridine rings is 1. The fourth-order valence-corrected chi connectivity index (χ4v) is 2.64. The molecule has 22 heavy (non-hydrogen) atoms. The topological polar surface area (TPSA) is 62.3 Å². The molecular formula is C17H17N3O2. The predicted molar refractivity (Wildman–Crippen MR) is 85.0 cm³/mol. The molecule has 0 bridgehead atoms. The van der Waals surface area contributed by atoms with Gasteiger partial charge in [0.1, 0.15) is 0 Å². The van der Waals surface area contributed by atoms with Gasteiger partial charge in [0.2, 0.25) is 5.91 Å². The van der Waals surface area contributed by atoms with E-state index in [1.807, 2.05) is 30.0 Å². The number of rotatable bonds is 3. The van der Waals surface area contributed by atoms with Crippen LogP contribution in [0.3, 0.4) is 0 Å². The van der Waals surface area contributed by atoms with E-state index in [1.54, 1.807) is 18.3 Å². The van der Waals surface area contributed by atoms with E-state index in [2.05, 4.69) is 10.3 Å². The second kappa shape index (κ2) is 5.97. The summed E-state index contributed by atoms with van der Waals surface area (Å²) in [5, 5.41) is 2.85. The van der Waals surface area contributed by atoms with Gasteiger partial charge in [0, 0.05) is 36.7 Å². The molecule has 112 valence electrons. The molecule has 0 unspecified atom stereocenters. The first-order valence-electron chi connectivity index (χ1n) is 7.27. The van der Waals surface area contributed by atoms with Crippen molar-refractivity contribution >= 4 is 23.2 Å². The van der Waals surface area contributed by atoms with Gasteiger partial charge in [-0.05, 0) is 49.2 Å². The van der Waals surface area contributed by atoms with Crippen LogP contribution < -0.4 is 10.2 Å². The zero-order valence-electron chi connectivity index (χ0n) is 12.4. The Morgan fingerprint density at radius 3 is 2.82 bits per heavy atom. The maximum Gasteiger partial charge on any atom is 0.257 e. The summed E-state index contributed by atoms with van der Waals surface area (Å²) in [6.45, 7) is 2.71. The van der Waals surface area contributed by atoms with E-state index in [1.165, 1.54) is 6.20 Å². The summed E-state index contributed by atoms with van der Waals surface area (Å²) in [6, 6.07) is 9.03. The summed E-state index contributed by atoms with van der Waals surface area (Å²) in [5.74, 6) is -0.0345. The molecule has 5 nitrogen and oxygen atoms in total. The number of anilines is 2. The van der Waals surface area contributed by atoms with Crippen molar-refractivity contribution in [2.45, 2.75) is 19.8 Å². The molecule has 1 aliphatic rings. The summed E-state index contributed by atoms with van der Waals surface area (Å²) < 4.78 is 0. The Bertz CT molecular complexity index is 713. The lowest BCUT2D eigenvalue weighted by atomic mass is 10.1. The number of carbonyl (C=O) groups excluding carboxylic acids is 2. The van der Waals surface area contributed by atoms with Gasteiger partial charge in [0.25, 0.3) is 5.91 Å². The van der Waals surface area contributed by atoms with Crippen LogP contribution in [0.1, 0.15) is 28.8 Å². The van der Waals surface area contributed by atoms with Gasteiger partial charge in [-0.2, -0.15) is 0 Å². The van der Waals surface area contributed by atoms with Crippen molar-refractivity contribution in [1.82, 2.24) is 4.98 Å². The molecule has 0 aliphatic carbocycles. The average Bonchev–Trinajstić information content (AvgIpc) is 2.94. The average molecular weight is 295 g/mol. The molecule has 0 atom stereocenters. The second-order valence-corrected chi connectivity index (χ2v) is 5.35. The Hall–Kier alpha value is -2.69. The lowest BCUT2D eigenvalue weighted by Crippen LogP contribution is -2.24. The van der Waals surface area contributed by atoms with Crippen molar-refractivity contribution in [3.8, 4) is 0 Å². The number of nitrogens with zero attached hydrogens (tertiary/aromatic N) is 2. The standard InChI is InChI=1S/C17H17N3O2/c1-12-10-14(19-17(22)13-4-2-8-18-11-13)6-7-15(12)20-9-3-5-16(20)21/h2,4,6-8,10-11H,3,5,9H2,1H3,(H,19,22). The molecule has 0 radical (unpaired) electrons. The normalized spacial score (nSPS) is 14.2. The van der Waals surface area contributed by atoms with Crippen LogP contribution in [0.25, 0.3) is 0 Å². The van der Waals surface area contributed by atoms with Crippen LogP contribution in [0.2, 0.25) is 0 Å². The Morgan fingerprint density at radius 1 is 1.32 bits per heavy atom. The SMILES string of the molecule is Cc1cc(NC(=O)c2cccnc2)ccc1N1CCCC1=O. The third-order valence-electron chi connectivity index (χ3n) is 3.74. The summed E-state index contributed by atoms with van der Waals surface area (Å²) >= 11 is 0. The fraction of sp³-hybridized carbons (Fsp3) is 0.235. The molecule has 1 aromatic carbocycles. The van der Waals surface area contributed by atoms with Crippen molar-refractivity contribution in [2.75, 3.05) is 16.8 Å². The molecule has 1 aromatic heterocycles. The highest BCUT2D eigenvalue weighted by molar-refractivity contribution is 6.04. The Morgan fingerprint density at radius 2 is 2.18 bits per heavy atom.